The van der Waals surface area contributed by atoms with E-state index in [9.17, 15) is 0 Å². The molecule has 0 aliphatic carbocycles. The number of pyridine rings is 1. The Morgan fingerprint density at radius 3 is 2.70 bits per heavy atom. The van der Waals surface area contributed by atoms with E-state index in [0.717, 1.165) is 26.1 Å². The zero-order chi connectivity index (χ0) is 14.2. The van der Waals surface area contributed by atoms with Gasteiger partial charge in [0, 0.05) is 33.0 Å². The van der Waals surface area contributed by atoms with E-state index in [2.05, 4.69) is 51.1 Å². The van der Waals surface area contributed by atoms with Crippen molar-refractivity contribution >= 4 is 43.9 Å². The summed E-state index contributed by atoms with van der Waals surface area (Å²) < 4.78 is 1.08. The minimum Gasteiger partial charge on any atom is -0.358 e. The van der Waals surface area contributed by atoms with Gasteiger partial charge >= 0.3 is 0 Å². The second kappa shape index (κ2) is 5.14. The lowest BCUT2D eigenvalue weighted by molar-refractivity contribution is 0.602. The summed E-state index contributed by atoms with van der Waals surface area (Å²) >= 11 is 5.23. The van der Waals surface area contributed by atoms with Crippen LogP contribution >= 0.6 is 27.3 Å². The van der Waals surface area contributed by atoms with Crippen molar-refractivity contribution in [3.05, 3.63) is 51.5 Å². The molecule has 2 aromatic heterocycles. The number of thiazole rings is 1. The van der Waals surface area contributed by atoms with Gasteiger partial charge in [-0.05, 0) is 26.0 Å². The summed E-state index contributed by atoms with van der Waals surface area (Å²) in [6, 6.07) is 8.15. The van der Waals surface area contributed by atoms with Crippen LogP contribution in [0.3, 0.4) is 0 Å². The molecule has 0 saturated heterocycles. The lowest BCUT2D eigenvalue weighted by atomic mass is 10.1. The third-order valence-corrected chi connectivity index (χ3v) is 4.94. The van der Waals surface area contributed by atoms with E-state index in [0.29, 0.717) is 0 Å². The molecule has 1 N–H and O–H groups in total. The highest BCUT2D eigenvalue weighted by Gasteiger charge is 2.24. The van der Waals surface area contributed by atoms with Crippen LogP contribution in [0.1, 0.15) is 18.9 Å². The fourth-order valence-electron chi connectivity index (χ4n) is 2.15. The molecule has 0 atom stereocenters. The first kappa shape index (κ1) is 13.5. The maximum Gasteiger partial charge on any atom is 0.134 e. The number of nitrogens with one attached hydrogen (secondary N) is 1. The van der Waals surface area contributed by atoms with Gasteiger partial charge in [-0.3, -0.25) is 0 Å². The third kappa shape index (κ3) is 2.43. The predicted octanol–water partition coefficient (Wildman–Crippen LogP) is 4.80. The van der Waals surface area contributed by atoms with E-state index in [-0.39, 0.29) is 5.54 Å². The van der Waals surface area contributed by atoms with E-state index < -0.39 is 0 Å². The van der Waals surface area contributed by atoms with Gasteiger partial charge in [0.15, 0.2) is 0 Å². The van der Waals surface area contributed by atoms with Gasteiger partial charge in [-0.15, -0.1) is 11.3 Å². The molecule has 1 aromatic carbocycles. The number of rotatable bonds is 3. The number of aromatic nitrogens is 2. The molecule has 20 heavy (non-hydrogen) atoms. The Bertz CT molecular complexity index is 738. The lowest BCUT2D eigenvalue weighted by Gasteiger charge is -2.25. The number of anilines is 1. The number of benzene rings is 1. The highest BCUT2D eigenvalue weighted by atomic mass is 79.9. The molecule has 0 fully saturated rings. The van der Waals surface area contributed by atoms with Crippen molar-refractivity contribution in [2.75, 3.05) is 5.32 Å². The zero-order valence-corrected chi connectivity index (χ0v) is 13.6. The van der Waals surface area contributed by atoms with Crippen LogP contribution in [0.25, 0.3) is 10.8 Å². The van der Waals surface area contributed by atoms with Crippen molar-refractivity contribution in [1.29, 1.82) is 0 Å². The molecular weight excluding hydrogens is 334 g/mol. The van der Waals surface area contributed by atoms with Crippen molar-refractivity contribution < 1.29 is 0 Å². The van der Waals surface area contributed by atoms with Gasteiger partial charge in [-0.2, -0.15) is 0 Å². The predicted molar refractivity (Wildman–Crippen MR) is 88.2 cm³/mol. The first-order valence-corrected chi connectivity index (χ1v) is 7.96. The number of fused-ring (bicyclic) bond motifs is 1. The third-order valence-electron chi connectivity index (χ3n) is 3.15. The van der Waals surface area contributed by atoms with Crippen LogP contribution in [-0.4, -0.2) is 9.97 Å². The molecule has 5 heteroatoms. The molecule has 2 heterocycles. The second-order valence-electron chi connectivity index (χ2n) is 5.08. The molecule has 0 bridgehead atoms. The molecule has 0 unspecified atom stereocenters. The van der Waals surface area contributed by atoms with E-state index >= 15 is 0 Å². The Morgan fingerprint density at radius 2 is 1.95 bits per heavy atom. The number of hydrogen-bond acceptors (Lipinski definition) is 4. The lowest BCUT2D eigenvalue weighted by Crippen LogP contribution is -2.28. The van der Waals surface area contributed by atoms with Gasteiger partial charge in [0.2, 0.25) is 0 Å². The molecule has 3 aromatic rings. The van der Waals surface area contributed by atoms with Crippen molar-refractivity contribution in [2.45, 2.75) is 19.4 Å². The molecule has 3 nitrogen and oxygen atoms in total. The van der Waals surface area contributed by atoms with Gasteiger partial charge in [0.25, 0.3) is 0 Å². The Kier molecular flexibility index (Phi) is 3.48. The van der Waals surface area contributed by atoms with Crippen LogP contribution in [0.5, 0.6) is 0 Å². The second-order valence-corrected chi connectivity index (χ2v) is 6.83. The van der Waals surface area contributed by atoms with Gasteiger partial charge in [0.1, 0.15) is 10.8 Å². The summed E-state index contributed by atoms with van der Waals surface area (Å²) in [7, 11) is 0. The molecule has 0 aliphatic rings. The van der Waals surface area contributed by atoms with Crippen LogP contribution in [-0.2, 0) is 5.54 Å². The summed E-state index contributed by atoms with van der Waals surface area (Å²) in [5.74, 6) is 0.879. The van der Waals surface area contributed by atoms with Crippen molar-refractivity contribution in [3.8, 4) is 0 Å². The number of hydrogen-bond donors (Lipinski definition) is 1. The maximum atomic E-state index is 4.49. The van der Waals surface area contributed by atoms with Crippen molar-refractivity contribution in [3.63, 3.8) is 0 Å². The molecule has 102 valence electrons. The molecule has 0 saturated carbocycles. The Hall–Kier alpha value is -1.46. The molecule has 0 amide bonds. The van der Waals surface area contributed by atoms with Gasteiger partial charge in [-0.25, -0.2) is 9.97 Å². The minimum atomic E-state index is -0.252. The van der Waals surface area contributed by atoms with Crippen molar-refractivity contribution in [1.82, 2.24) is 9.97 Å². The average molecular weight is 348 g/mol. The van der Waals surface area contributed by atoms with Crippen LogP contribution < -0.4 is 5.32 Å². The average Bonchev–Trinajstić information content (AvgIpc) is 2.94. The smallest absolute Gasteiger partial charge is 0.134 e. The normalized spacial score (nSPS) is 11.8. The van der Waals surface area contributed by atoms with Gasteiger partial charge in [0.05, 0.1) is 5.54 Å². The summed E-state index contributed by atoms with van der Waals surface area (Å²) in [5, 5.41) is 8.80. The van der Waals surface area contributed by atoms with Crippen molar-refractivity contribution in [2.24, 2.45) is 0 Å². The molecular formula is C15H14BrN3S. The molecule has 0 radical (unpaired) electrons. The summed E-state index contributed by atoms with van der Waals surface area (Å²) in [4.78, 5) is 8.89. The summed E-state index contributed by atoms with van der Waals surface area (Å²) in [6.45, 7) is 4.23. The van der Waals surface area contributed by atoms with Crippen LogP contribution in [0.2, 0.25) is 0 Å². The van der Waals surface area contributed by atoms with Crippen LogP contribution in [0.15, 0.2) is 46.5 Å². The van der Waals surface area contributed by atoms with Crippen LogP contribution in [0, 0.1) is 0 Å². The zero-order valence-electron chi connectivity index (χ0n) is 11.2. The summed E-state index contributed by atoms with van der Waals surface area (Å²) in [5.41, 5.74) is -0.252. The Morgan fingerprint density at radius 1 is 1.10 bits per heavy atom. The first-order chi connectivity index (χ1) is 9.58. The van der Waals surface area contributed by atoms with E-state index in [1.807, 2.05) is 36.0 Å². The standard InChI is InChI=1S/C15H14BrN3S/c1-15(2,14-18-8-9-20-14)19-13-11-4-3-5-12(16)10(11)6-7-17-13/h3-9H,1-2H3,(H,17,19). The quantitative estimate of drug-likeness (QED) is 0.739. The molecule has 3 rings (SSSR count). The number of nitrogens with zero attached hydrogens (tertiary/aromatic N) is 2. The minimum absolute atomic E-state index is 0.252. The van der Waals surface area contributed by atoms with Crippen LogP contribution in [0.4, 0.5) is 5.82 Å². The highest BCUT2D eigenvalue weighted by molar-refractivity contribution is 9.10. The fourth-order valence-corrected chi connectivity index (χ4v) is 3.37. The van der Waals surface area contributed by atoms with E-state index in [4.69, 9.17) is 0 Å². The first-order valence-electron chi connectivity index (χ1n) is 6.29. The number of halogens is 1. The molecule has 0 spiro atoms. The summed E-state index contributed by atoms with van der Waals surface area (Å²) in [6.07, 6.45) is 3.66. The Labute approximate surface area is 130 Å². The molecule has 0 aliphatic heterocycles. The van der Waals surface area contributed by atoms with Gasteiger partial charge in [-0.1, -0.05) is 28.1 Å². The maximum absolute atomic E-state index is 4.49. The largest absolute Gasteiger partial charge is 0.358 e. The fraction of sp³-hybridized carbons (Fsp3) is 0.200. The topological polar surface area (TPSA) is 37.8 Å². The monoisotopic (exact) mass is 347 g/mol. The van der Waals surface area contributed by atoms with Gasteiger partial charge < -0.3 is 5.32 Å². The highest BCUT2D eigenvalue weighted by Crippen LogP contribution is 2.32. The Balaban J connectivity index is 2.06. The van der Waals surface area contributed by atoms with E-state index in [1.165, 1.54) is 0 Å². The van der Waals surface area contributed by atoms with E-state index in [1.54, 1.807) is 11.3 Å². The SMILES string of the molecule is CC(C)(Nc1nccc2c(Br)cccc12)c1nccs1.